The summed E-state index contributed by atoms with van der Waals surface area (Å²) in [6.45, 7) is 0.895. The van der Waals surface area contributed by atoms with Crippen LogP contribution in [0, 0.1) is 5.92 Å². The van der Waals surface area contributed by atoms with E-state index < -0.39 is 0 Å². The van der Waals surface area contributed by atoms with Crippen molar-refractivity contribution in [2.75, 3.05) is 25.5 Å². The van der Waals surface area contributed by atoms with Crippen LogP contribution in [0.4, 0.5) is 5.95 Å². The Balaban J connectivity index is 1.51. The largest absolute Gasteiger partial charge is 0.467 e. The van der Waals surface area contributed by atoms with Crippen LogP contribution in [0.15, 0.2) is 27.3 Å². The Morgan fingerprint density at radius 1 is 1.50 bits per heavy atom. The lowest BCUT2D eigenvalue weighted by molar-refractivity contribution is -0.129. The number of hydrogen-bond acceptors (Lipinski definition) is 7. The highest BCUT2D eigenvalue weighted by atomic mass is 16.5. The van der Waals surface area contributed by atoms with Gasteiger partial charge in [-0.05, 0) is 17.3 Å². The molecule has 3 rings (SSSR count). The molecule has 2 aromatic rings. The van der Waals surface area contributed by atoms with Crippen molar-refractivity contribution in [3.8, 4) is 0 Å². The molecule has 9 nitrogen and oxygen atoms in total. The summed E-state index contributed by atoms with van der Waals surface area (Å²) in [7, 11) is 3.59. The lowest BCUT2D eigenvalue weighted by Gasteiger charge is -2.14. The van der Waals surface area contributed by atoms with E-state index in [2.05, 4.69) is 15.5 Å². The predicted molar refractivity (Wildman–Crippen MR) is 82.7 cm³/mol. The van der Waals surface area contributed by atoms with Crippen molar-refractivity contribution in [3.63, 3.8) is 0 Å². The van der Waals surface area contributed by atoms with Gasteiger partial charge in [0.1, 0.15) is 5.76 Å². The molecular weight excluding hydrogens is 314 g/mol. The number of nitrogens with zero attached hydrogens (tertiary/aromatic N) is 4. The van der Waals surface area contributed by atoms with Gasteiger partial charge in [0.25, 0.3) is 5.95 Å². The highest BCUT2D eigenvalue weighted by molar-refractivity contribution is 5.89. The van der Waals surface area contributed by atoms with Gasteiger partial charge < -0.3 is 24.1 Å². The molecule has 0 aliphatic carbocycles. The van der Waals surface area contributed by atoms with E-state index in [4.69, 9.17) is 8.94 Å². The number of amides is 2. The van der Waals surface area contributed by atoms with Gasteiger partial charge in [-0.2, -0.15) is 4.98 Å². The standard InChI is InChI=1S/C15H19N5O4/c1-19(2)15-17-12(24-18-15)7-16-14(22)10-6-13(21)20(8-10)9-11-4-3-5-23-11/h3-5,10H,6-9H2,1-2H3,(H,16,22)/t10-/m1/s1. The van der Waals surface area contributed by atoms with Crippen LogP contribution in [-0.4, -0.2) is 47.5 Å². The maximum Gasteiger partial charge on any atom is 0.265 e. The third-order valence-electron chi connectivity index (χ3n) is 3.78. The van der Waals surface area contributed by atoms with Crippen LogP contribution < -0.4 is 10.2 Å². The van der Waals surface area contributed by atoms with E-state index in [1.807, 2.05) is 0 Å². The van der Waals surface area contributed by atoms with E-state index in [0.29, 0.717) is 30.7 Å². The Bertz CT molecular complexity index is 709. The summed E-state index contributed by atoms with van der Waals surface area (Å²) < 4.78 is 10.3. The van der Waals surface area contributed by atoms with Gasteiger partial charge in [0.2, 0.25) is 17.7 Å². The molecule has 0 bridgehead atoms. The Morgan fingerprint density at radius 2 is 2.33 bits per heavy atom. The monoisotopic (exact) mass is 333 g/mol. The molecule has 3 heterocycles. The molecule has 0 aromatic carbocycles. The third-order valence-corrected chi connectivity index (χ3v) is 3.78. The van der Waals surface area contributed by atoms with Crippen LogP contribution in [0.1, 0.15) is 18.1 Å². The van der Waals surface area contributed by atoms with E-state index in [-0.39, 0.29) is 30.7 Å². The number of furan rings is 1. The number of anilines is 1. The molecular formula is C15H19N5O4. The highest BCUT2D eigenvalue weighted by Crippen LogP contribution is 2.20. The number of carbonyl (C=O) groups excluding carboxylic acids is 2. The van der Waals surface area contributed by atoms with E-state index >= 15 is 0 Å². The van der Waals surface area contributed by atoms with Crippen LogP contribution in [0.2, 0.25) is 0 Å². The van der Waals surface area contributed by atoms with Crippen molar-refractivity contribution < 1.29 is 18.5 Å². The third kappa shape index (κ3) is 3.55. The number of likely N-dealkylation sites (tertiary alicyclic amines) is 1. The predicted octanol–water partition coefficient (Wildman–Crippen LogP) is 0.393. The smallest absolute Gasteiger partial charge is 0.265 e. The fraction of sp³-hybridized carbons (Fsp3) is 0.467. The average molecular weight is 333 g/mol. The molecule has 2 amide bonds. The van der Waals surface area contributed by atoms with Crippen molar-refractivity contribution in [2.24, 2.45) is 5.92 Å². The minimum atomic E-state index is -0.385. The molecule has 1 atom stereocenters. The molecule has 9 heteroatoms. The zero-order chi connectivity index (χ0) is 17.1. The molecule has 128 valence electrons. The van der Waals surface area contributed by atoms with Gasteiger partial charge in [-0.1, -0.05) is 0 Å². The highest BCUT2D eigenvalue weighted by Gasteiger charge is 2.34. The summed E-state index contributed by atoms with van der Waals surface area (Å²) in [5.41, 5.74) is 0. The number of carbonyl (C=O) groups is 2. The first-order chi connectivity index (χ1) is 11.5. The summed E-state index contributed by atoms with van der Waals surface area (Å²) in [5.74, 6) is 0.827. The Kier molecular flexibility index (Phi) is 4.50. The molecule has 24 heavy (non-hydrogen) atoms. The number of nitrogens with one attached hydrogen (secondary N) is 1. The van der Waals surface area contributed by atoms with Crippen molar-refractivity contribution >= 4 is 17.8 Å². The molecule has 2 aromatic heterocycles. The van der Waals surface area contributed by atoms with E-state index in [1.165, 1.54) is 0 Å². The minimum Gasteiger partial charge on any atom is -0.467 e. The molecule has 0 radical (unpaired) electrons. The van der Waals surface area contributed by atoms with Gasteiger partial charge in [-0.25, -0.2) is 0 Å². The van der Waals surface area contributed by atoms with Crippen molar-refractivity contribution in [3.05, 3.63) is 30.0 Å². The Labute approximate surface area is 138 Å². The Morgan fingerprint density at radius 3 is 3.00 bits per heavy atom. The van der Waals surface area contributed by atoms with Crippen molar-refractivity contribution in [1.82, 2.24) is 20.4 Å². The molecule has 1 aliphatic heterocycles. The summed E-state index contributed by atoms with van der Waals surface area (Å²) in [6.07, 6.45) is 1.76. The molecule has 1 N–H and O–H groups in total. The average Bonchev–Trinajstić information content (AvgIpc) is 3.27. The zero-order valence-electron chi connectivity index (χ0n) is 13.6. The fourth-order valence-corrected chi connectivity index (χ4v) is 2.50. The minimum absolute atomic E-state index is 0.0563. The SMILES string of the molecule is CN(C)c1noc(CNC(=O)[C@@H]2CC(=O)N(Cc3ccco3)C2)n1. The quantitative estimate of drug-likeness (QED) is 0.815. The maximum absolute atomic E-state index is 12.2. The zero-order valence-corrected chi connectivity index (χ0v) is 13.6. The molecule has 0 saturated carbocycles. The summed E-state index contributed by atoms with van der Waals surface area (Å²) >= 11 is 0. The van der Waals surface area contributed by atoms with Gasteiger partial charge in [-0.15, -0.1) is 0 Å². The number of rotatable bonds is 6. The van der Waals surface area contributed by atoms with Gasteiger partial charge in [-0.3, -0.25) is 9.59 Å². The van der Waals surface area contributed by atoms with E-state index in [0.717, 1.165) is 0 Å². The lowest BCUT2D eigenvalue weighted by atomic mass is 10.1. The summed E-state index contributed by atoms with van der Waals surface area (Å²) in [4.78, 5) is 31.7. The molecule has 0 spiro atoms. The second kappa shape index (κ2) is 6.73. The molecule has 0 unspecified atom stereocenters. The number of aromatic nitrogens is 2. The van der Waals surface area contributed by atoms with Crippen LogP contribution in [-0.2, 0) is 22.7 Å². The molecule has 1 saturated heterocycles. The van der Waals surface area contributed by atoms with E-state index in [1.54, 1.807) is 42.3 Å². The molecule has 1 fully saturated rings. The first kappa shape index (κ1) is 16.0. The molecule has 1 aliphatic rings. The van der Waals surface area contributed by atoms with Crippen LogP contribution >= 0.6 is 0 Å². The van der Waals surface area contributed by atoms with Gasteiger partial charge in [0.05, 0.1) is 25.3 Å². The fourth-order valence-electron chi connectivity index (χ4n) is 2.50. The second-order valence-corrected chi connectivity index (χ2v) is 5.86. The topological polar surface area (TPSA) is 105 Å². The van der Waals surface area contributed by atoms with Crippen LogP contribution in [0.25, 0.3) is 0 Å². The van der Waals surface area contributed by atoms with Gasteiger partial charge in [0, 0.05) is 27.1 Å². The first-order valence-electron chi connectivity index (χ1n) is 7.60. The van der Waals surface area contributed by atoms with Crippen molar-refractivity contribution in [2.45, 2.75) is 19.5 Å². The Hall–Kier alpha value is -2.84. The van der Waals surface area contributed by atoms with Gasteiger partial charge in [0.15, 0.2) is 0 Å². The van der Waals surface area contributed by atoms with Crippen LogP contribution in [0.3, 0.4) is 0 Å². The van der Waals surface area contributed by atoms with Crippen LogP contribution in [0.5, 0.6) is 0 Å². The normalized spacial score (nSPS) is 17.3. The van der Waals surface area contributed by atoms with Gasteiger partial charge >= 0.3 is 0 Å². The maximum atomic E-state index is 12.2. The first-order valence-corrected chi connectivity index (χ1v) is 7.60. The summed E-state index contributed by atoms with van der Waals surface area (Å²) in [5, 5.41) is 6.51. The lowest BCUT2D eigenvalue weighted by Crippen LogP contribution is -2.32. The number of hydrogen-bond donors (Lipinski definition) is 1. The van der Waals surface area contributed by atoms with Crippen molar-refractivity contribution in [1.29, 1.82) is 0 Å². The summed E-state index contributed by atoms with van der Waals surface area (Å²) in [6, 6.07) is 3.57. The second-order valence-electron chi connectivity index (χ2n) is 5.86. The van der Waals surface area contributed by atoms with E-state index in [9.17, 15) is 9.59 Å².